The van der Waals surface area contributed by atoms with Gasteiger partial charge in [0.05, 0.1) is 30.3 Å². The monoisotopic (exact) mass is 588 g/mol. The fourth-order valence-corrected chi connectivity index (χ4v) is 7.38. The predicted octanol–water partition coefficient (Wildman–Crippen LogP) is 2.25. The standard InChI is InChI=1S/C22H19BrCl2N2O8/c1-34-20(33)27-16(29)11-4-3-10-12(14(11)17(27)30)6-21(24)18(31)26(8-23)19(32)22(21,25)15(10)13-5-2-9(7-28)35-13/h2-3,5,11-12,14-15,28H,4,6-8H2,1H3/t11-,12+,14-,15+,21+,22-/m0/s1. The lowest BCUT2D eigenvalue weighted by Gasteiger charge is -2.49. The van der Waals surface area contributed by atoms with E-state index >= 15 is 0 Å². The number of ether oxygens (including phenoxy) is 1. The highest BCUT2D eigenvalue weighted by molar-refractivity contribution is 9.09. The molecule has 4 aliphatic rings. The van der Waals surface area contributed by atoms with Gasteiger partial charge in [-0.25, -0.2) is 4.79 Å². The Morgan fingerprint density at radius 2 is 1.91 bits per heavy atom. The van der Waals surface area contributed by atoms with E-state index in [1.165, 1.54) is 12.1 Å². The third-order valence-electron chi connectivity index (χ3n) is 7.49. The van der Waals surface area contributed by atoms with E-state index in [-0.39, 0.29) is 29.8 Å². The fourth-order valence-electron chi connectivity index (χ4n) is 5.97. The van der Waals surface area contributed by atoms with Gasteiger partial charge in [0.2, 0.25) is 11.8 Å². The van der Waals surface area contributed by atoms with Crippen LogP contribution in [0.4, 0.5) is 4.79 Å². The molecule has 1 N–H and O–H groups in total. The van der Waals surface area contributed by atoms with Crippen molar-refractivity contribution in [1.29, 1.82) is 0 Å². The topological polar surface area (TPSA) is 134 Å². The molecule has 186 valence electrons. The molecule has 0 radical (unpaired) electrons. The summed E-state index contributed by atoms with van der Waals surface area (Å²) < 4.78 is 10.4. The number of aliphatic hydroxyl groups excluding tert-OH is 1. The average Bonchev–Trinajstić information content (AvgIpc) is 3.45. The predicted molar refractivity (Wildman–Crippen MR) is 122 cm³/mol. The van der Waals surface area contributed by atoms with Gasteiger partial charge < -0.3 is 14.3 Å². The summed E-state index contributed by atoms with van der Waals surface area (Å²) in [5.74, 6) is -6.25. The molecule has 2 saturated heterocycles. The van der Waals surface area contributed by atoms with Gasteiger partial charge in [-0.1, -0.05) is 27.6 Å². The van der Waals surface area contributed by atoms with Crippen molar-refractivity contribution in [2.24, 2.45) is 17.8 Å². The summed E-state index contributed by atoms with van der Waals surface area (Å²) in [6.07, 6.45) is 0.507. The zero-order chi connectivity index (χ0) is 25.4. The van der Waals surface area contributed by atoms with Crippen molar-refractivity contribution < 1.29 is 38.2 Å². The van der Waals surface area contributed by atoms with Crippen molar-refractivity contribution in [2.45, 2.75) is 35.1 Å². The lowest BCUT2D eigenvalue weighted by Crippen LogP contribution is -2.60. The Bertz CT molecular complexity index is 1220. The van der Waals surface area contributed by atoms with Crippen LogP contribution in [0.2, 0.25) is 0 Å². The zero-order valence-electron chi connectivity index (χ0n) is 18.2. The van der Waals surface area contributed by atoms with Gasteiger partial charge >= 0.3 is 6.09 Å². The lowest BCUT2D eigenvalue weighted by atomic mass is 9.57. The van der Waals surface area contributed by atoms with Crippen molar-refractivity contribution in [2.75, 3.05) is 12.6 Å². The van der Waals surface area contributed by atoms with Gasteiger partial charge in [0.25, 0.3) is 11.8 Å². The number of hydrogen-bond acceptors (Lipinski definition) is 8. The average molecular weight is 590 g/mol. The number of nitrogens with zero attached hydrogens (tertiary/aromatic N) is 2. The van der Waals surface area contributed by atoms with Gasteiger partial charge in [-0.05, 0) is 30.9 Å². The molecule has 5 rings (SSSR count). The van der Waals surface area contributed by atoms with Crippen LogP contribution in [0.15, 0.2) is 28.2 Å². The summed E-state index contributed by atoms with van der Waals surface area (Å²) in [6.45, 7) is -0.414. The van der Waals surface area contributed by atoms with Crippen LogP contribution in [0.3, 0.4) is 0 Å². The molecular weight excluding hydrogens is 571 g/mol. The molecule has 10 nitrogen and oxygen atoms in total. The lowest BCUT2D eigenvalue weighted by molar-refractivity contribution is -0.140. The van der Waals surface area contributed by atoms with Gasteiger partial charge in [-0.15, -0.1) is 23.2 Å². The number of allylic oxidation sites excluding steroid dienone is 2. The molecule has 5 amide bonds. The van der Waals surface area contributed by atoms with Crippen molar-refractivity contribution >= 4 is 68.9 Å². The molecule has 1 aromatic heterocycles. The number of furan rings is 1. The quantitative estimate of drug-likeness (QED) is 0.245. The summed E-state index contributed by atoms with van der Waals surface area (Å²) in [5.41, 5.74) is 0.366. The van der Waals surface area contributed by atoms with E-state index in [0.717, 1.165) is 12.0 Å². The first-order valence-electron chi connectivity index (χ1n) is 10.7. The molecule has 6 atom stereocenters. The number of halogens is 3. The van der Waals surface area contributed by atoms with Crippen LogP contribution in [0.5, 0.6) is 0 Å². The Kier molecular flexibility index (Phi) is 5.70. The minimum absolute atomic E-state index is 0.102. The molecular formula is C22H19BrCl2N2O8. The zero-order valence-corrected chi connectivity index (χ0v) is 21.3. The summed E-state index contributed by atoms with van der Waals surface area (Å²) >= 11 is 17.1. The number of hydrogen-bond donors (Lipinski definition) is 1. The van der Waals surface area contributed by atoms with Gasteiger partial charge in [0, 0.05) is 0 Å². The van der Waals surface area contributed by atoms with Gasteiger partial charge in [0.15, 0.2) is 9.75 Å². The summed E-state index contributed by atoms with van der Waals surface area (Å²) in [7, 11) is 1.06. The molecule has 3 fully saturated rings. The number of carbonyl (C=O) groups is 5. The maximum Gasteiger partial charge on any atom is 0.423 e. The molecule has 3 heterocycles. The maximum absolute atomic E-state index is 13.5. The third kappa shape index (κ3) is 2.95. The highest BCUT2D eigenvalue weighted by atomic mass is 79.9. The summed E-state index contributed by atoms with van der Waals surface area (Å²) in [6, 6.07) is 3.04. The number of carbonyl (C=O) groups excluding carboxylic acids is 5. The van der Waals surface area contributed by atoms with Crippen LogP contribution in [0.25, 0.3) is 0 Å². The van der Waals surface area contributed by atoms with E-state index in [1.54, 1.807) is 6.08 Å². The second-order valence-corrected chi connectivity index (χ2v) is 10.7. The Morgan fingerprint density at radius 1 is 1.20 bits per heavy atom. The van der Waals surface area contributed by atoms with Gasteiger partial charge in [-0.2, -0.15) is 4.90 Å². The molecule has 0 spiro atoms. The van der Waals surface area contributed by atoms with E-state index in [0.29, 0.717) is 10.5 Å². The summed E-state index contributed by atoms with van der Waals surface area (Å²) in [5, 5.41) is 9.52. The molecule has 2 aliphatic heterocycles. The molecule has 13 heteroatoms. The van der Waals surface area contributed by atoms with Crippen LogP contribution >= 0.6 is 39.1 Å². The number of amides is 5. The number of methoxy groups -OCH3 is 1. The second kappa shape index (κ2) is 8.16. The first-order valence-corrected chi connectivity index (χ1v) is 12.6. The van der Waals surface area contributed by atoms with Gasteiger partial charge in [0.1, 0.15) is 18.1 Å². The number of imide groups is 4. The summed E-state index contributed by atoms with van der Waals surface area (Å²) in [4.78, 5) is 62.8. The highest BCUT2D eigenvalue weighted by Crippen LogP contribution is 2.65. The Labute approximate surface area is 217 Å². The smallest absolute Gasteiger partial charge is 0.423 e. The van der Waals surface area contributed by atoms with E-state index in [9.17, 15) is 29.1 Å². The van der Waals surface area contributed by atoms with Crippen molar-refractivity contribution in [1.82, 2.24) is 9.80 Å². The van der Waals surface area contributed by atoms with Crippen LogP contribution < -0.4 is 0 Å². The first kappa shape index (κ1) is 24.5. The number of fused-ring (bicyclic) bond motifs is 4. The van der Waals surface area contributed by atoms with Crippen molar-refractivity contribution in [3.8, 4) is 0 Å². The van der Waals surface area contributed by atoms with E-state index in [1.807, 2.05) is 0 Å². The van der Waals surface area contributed by atoms with Crippen LogP contribution in [-0.2, 0) is 30.5 Å². The van der Waals surface area contributed by atoms with Crippen LogP contribution in [0, 0.1) is 17.8 Å². The maximum atomic E-state index is 13.5. The first-order chi connectivity index (χ1) is 16.6. The van der Waals surface area contributed by atoms with Crippen LogP contribution in [-0.4, -0.2) is 66.9 Å². The van der Waals surface area contributed by atoms with Crippen LogP contribution in [0.1, 0.15) is 30.3 Å². The normalized spacial score (nSPS) is 36.2. The number of aliphatic hydroxyl groups is 1. The van der Waals surface area contributed by atoms with E-state index in [4.69, 9.17) is 27.6 Å². The number of rotatable bonds is 3. The Hall–Kier alpha value is -2.21. The van der Waals surface area contributed by atoms with Crippen molar-refractivity contribution in [3.63, 3.8) is 0 Å². The second-order valence-electron chi connectivity index (χ2n) is 8.93. The Morgan fingerprint density at radius 3 is 2.51 bits per heavy atom. The van der Waals surface area contributed by atoms with Gasteiger partial charge in [-0.3, -0.25) is 24.1 Å². The highest BCUT2D eigenvalue weighted by Gasteiger charge is 2.77. The minimum Gasteiger partial charge on any atom is -0.463 e. The molecule has 0 bridgehead atoms. The Balaban J connectivity index is 1.70. The molecule has 0 unspecified atom stereocenters. The molecule has 1 aromatic rings. The SMILES string of the molecule is COC(=O)N1C(=O)[C@H]2[C@H](CC=C3[C@H]2C[C@@]2(Cl)C(=O)N(CBr)C(=O)[C@@]2(Cl)[C@H]3c2ccc(CO)o2)C1=O. The minimum atomic E-state index is -1.99. The fraction of sp³-hybridized carbons (Fsp3) is 0.500. The molecule has 0 aromatic carbocycles. The molecule has 2 aliphatic carbocycles. The molecule has 35 heavy (non-hydrogen) atoms. The third-order valence-corrected chi connectivity index (χ3v) is 9.41. The molecule has 1 saturated carbocycles. The number of likely N-dealkylation sites (tertiary alicyclic amines) is 2. The van der Waals surface area contributed by atoms with Crippen molar-refractivity contribution in [3.05, 3.63) is 35.3 Å². The largest absolute Gasteiger partial charge is 0.463 e. The number of alkyl halides is 3. The van der Waals surface area contributed by atoms with E-state index in [2.05, 4.69) is 20.7 Å². The van der Waals surface area contributed by atoms with E-state index < -0.39 is 69.7 Å².